The van der Waals surface area contributed by atoms with Crippen LogP contribution < -0.4 is 0 Å². The number of benzene rings is 8. The molecular formula is C55H42. The van der Waals surface area contributed by atoms with Gasteiger partial charge in [-0.3, -0.25) is 0 Å². The average molecular weight is 703 g/mol. The van der Waals surface area contributed by atoms with E-state index in [1.54, 1.807) is 0 Å². The van der Waals surface area contributed by atoms with Crippen LogP contribution in [0.2, 0.25) is 0 Å². The Morgan fingerprint density at radius 2 is 0.636 bits per heavy atom. The highest BCUT2D eigenvalue weighted by molar-refractivity contribution is 5.95. The van der Waals surface area contributed by atoms with Crippen molar-refractivity contribution in [3.05, 3.63) is 248 Å². The summed E-state index contributed by atoms with van der Waals surface area (Å²) in [6.07, 6.45) is 1.01. The molecule has 8 aromatic rings. The molecule has 0 N–H and O–H groups in total. The minimum atomic E-state index is -0.212. The third kappa shape index (κ3) is 4.23. The third-order valence-corrected chi connectivity index (χ3v) is 13.1. The van der Waals surface area contributed by atoms with Gasteiger partial charge in [-0.2, -0.15) is 0 Å². The van der Waals surface area contributed by atoms with Crippen molar-refractivity contribution in [1.29, 1.82) is 0 Å². The molecule has 0 fully saturated rings. The van der Waals surface area contributed by atoms with Gasteiger partial charge in [-0.25, -0.2) is 0 Å². The van der Waals surface area contributed by atoms with E-state index in [1.807, 2.05) is 0 Å². The van der Waals surface area contributed by atoms with E-state index < -0.39 is 0 Å². The van der Waals surface area contributed by atoms with Crippen LogP contribution in [-0.2, 0) is 17.3 Å². The number of hydrogen-bond donors (Lipinski definition) is 0. The summed E-state index contributed by atoms with van der Waals surface area (Å²) < 4.78 is 0. The lowest BCUT2D eigenvalue weighted by molar-refractivity contribution is 0.720. The van der Waals surface area contributed by atoms with Crippen molar-refractivity contribution in [2.75, 3.05) is 0 Å². The first kappa shape index (κ1) is 32.2. The molecule has 2 spiro atoms. The summed E-state index contributed by atoms with van der Waals surface area (Å²) in [7, 11) is 0. The van der Waals surface area contributed by atoms with Crippen LogP contribution in [0.5, 0.6) is 0 Å². The molecule has 2 atom stereocenters. The number of aryl methyl sites for hydroxylation is 4. The Hall–Kier alpha value is -6.24. The SMILES string of the molecule is Cc1ccc2c(c1)-c1ccccc1C21c2ccccc2-c2ccc(C)cc21.Cc1ccc2c(c1)Cc1ccccc1C21c2ccccc2-c2ccc(C)cc21. The molecule has 262 valence electrons. The fourth-order valence-electron chi connectivity index (χ4n) is 11.0. The monoisotopic (exact) mass is 702 g/mol. The second-order valence-electron chi connectivity index (χ2n) is 16.3. The standard InChI is InChI=1S/C28H22.C27H20/c1-18-12-14-25-21(15-18)17-20-7-3-5-9-24(20)28(25)26-10-6-4-8-22(26)23-13-11-19(2)16-27(23)28;1-17-12-14-25-22(15-17)20-8-4-6-10-24(20)27(25)23-9-5-3-7-19(23)21-13-11-18(2)16-26(21)27/h3-16H,17H2,1-2H3;3-16H,1-2H3. The molecule has 0 aliphatic heterocycles. The highest BCUT2D eigenvalue weighted by Gasteiger charge is 2.52. The van der Waals surface area contributed by atoms with Crippen LogP contribution >= 0.6 is 0 Å². The second-order valence-corrected chi connectivity index (χ2v) is 16.3. The van der Waals surface area contributed by atoms with Crippen molar-refractivity contribution in [3.8, 4) is 33.4 Å². The minimum absolute atomic E-state index is 0.197. The summed E-state index contributed by atoms with van der Waals surface area (Å²) in [5, 5.41) is 0. The maximum atomic E-state index is 2.42. The van der Waals surface area contributed by atoms with Gasteiger partial charge in [0.05, 0.1) is 10.8 Å². The van der Waals surface area contributed by atoms with Crippen molar-refractivity contribution in [2.45, 2.75) is 44.9 Å². The second kappa shape index (κ2) is 11.6. The van der Waals surface area contributed by atoms with Crippen molar-refractivity contribution in [3.63, 3.8) is 0 Å². The number of fused-ring (bicyclic) bond motifs is 19. The maximum Gasteiger partial charge on any atom is 0.0725 e. The van der Waals surface area contributed by atoms with Gasteiger partial charge in [0.1, 0.15) is 0 Å². The average Bonchev–Trinajstić information content (AvgIpc) is 3.77. The van der Waals surface area contributed by atoms with E-state index in [1.165, 1.54) is 111 Å². The Morgan fingerprint density at radius 1 is 0.273 bits per heavy atom. The van der Waals surface area contributed by atoms with Crippen LogP contribution in [0, 0.1) is 27.7 Å². The van der Waals surface area contributed by atoms with Gasteiger partial charge < -0.3 is 0 Å². The lowest BCUT2D eigenvalue weighted by atomic mass is 9.61. The van der Waals surface area contributed by atoms with E-state index >= 15 is 0 Å². The van der Waals surface area contributed by atoms with E-state index in [0.29, 0.717) is 0 Å². The van der Waals surface area contributed by atoms with Gasteiger partial charge in [-0.1, -0.05) is 192 Å². The zero-order valence-electron chi connectivity index (χ0n) is 31.9. The number of rotatable bonds is 0. The summed E-state index contributed by atoms with van der Waals surface area (Å²) >= 11 is 0. The van der Waals surface area contributed by atoms with Crippen molar-refractivity contribution in [1.82, 2.24) is 0 Å². The van der Waals surface area contributed by atoms with Crippen LogP contribution in [0.25, 0.3) is 33.4 Å². The van der Waals surface area contributed by atoms with Crippen LogP contribution in [0.1, 0.15) is 77.9 Å². The first-order chi connectivity index (χ1) is 26.9. The van der Waals surface area contributed by atoms with E-state index in [4.69, 9.17) is 0 Å². The van der Waals surface area contributed by atoms with Crippen LogP contribution in [0.3, 0.4) is 0 Å². The van der Waals surface area contributed by atoms with Crippen LogP contribution in [-0.4, -0.2) is 0 Å². The van der Waals surface area contributed by atoms with Gasteiger partial charge in [-0.15, -0.1) is 0 Å². The summed E-state index contributed by atoms with van der Waals surface area (Å²) in [5.74, 6) is 0. The fourth-order valence-corrected chi connectivity index (χ4v) is 11.0. The lowest BCUT2D eigenvalue weighted by Crippen LogP contribution is -2.34. The molecule has 8 aromatic carbocycles. The minimum Gasteiger partial charge on any atom is -0.0620 e. The first-order valence-corrected chi connectivity index (χ1v) is 19.7. The molecule has 12 rings (SSSR count). The highest BCUT2D eigenvalue weighted by atomic mass is 14.5. The Morgan fingerprint density at radius 3 is 1.22 bits per heavy atom. The van der Waals surface area contributed by atoms with E-state index in [-0.39, 0.29) is 10.8 Å². The molecule has 0 nitrogen and oxygen atoms in total. The molecule has 0 bridgehead atoms. The molecule has 0 amide bonds. The van der Waals surface area contributed by atoms with Crippen molar-refractivity contribution < 1.29 is 0 Å². The number of hydrogen-bond acceptors (Lipinski definition) is 0. The Balaban J connectivity index is 0.000000128. The quantitative estimate of drug-likeness (QED) is 0.148. The summed E-state index contributed by atoms with van der Waals surface area (Å²) in [4.78, 5) is 0. The van der Waals surface area contributed by atoms with Crippen molar-refractivity contribution >= 4 is 0 Å². The fraction of sp³-hybridized carbons (Fsp3) is 0.127. The highest BCUT2D eigenvalue weighted by Crippen LogP contribution is 2.63. The largest absolute Gasteiger partial charge is 0.0725 e. The smallest absolute Gasteiger partial charge is 0.0620 e. The third-order valence-electron chi connectivity index (χ3n) is 13.1. The first-order valence-electron chi connectivity index (χ1n) is 19.7. The van der Waals surface area contributed by atoms with Gasteiger partial charge >= 0.3 is 0 Å². The van der Waals surface area contributed by atoms with E-state index in [0.717, 1.165) is 6.42 Å². The van der Waals surface area contributed by atoms with Crippen molar-refractivity contribution in [2.24, 2.45) is 0 Å². The van der Waals surface area contributed by atoms with Crippen LogP contribution in [0.15, 0.2) is 170 Å². The molecule has 0 heterocycles. The molecule has 4 aliphatic rings. The van der Waals surface area contributed by atoms with Crippen LogP contribution in [0.4, 0.5) is 0 Å². The molecule has 0 radical (unpaired) electrons. The Bertz CT molecular complexity index is 2900. The maximum absolute atomic E-state index is 2.42. The molecule has 0 aromatic heterocycles. The van der Waals surface area contributed by atoms with Gasteiger partial charge in [0.2, 0.25) is 0 Å². The molecule has 2 unspecified atom stereocenters. The topological polar surface area (TPSA) is 0 Å². The summed E-state index contributed by atoms with van der Waals surface area (Å²) in [5.41, 5.74) is 27.5. The molecular weight excluding hydrogens is 661 g/mol. The summed E-state index contributed by atoms with van der Waals surface area (Å²) in [6, 6.07) is 64.0. The predicted octanol–water partition coefficient (Wildman–Crippen LogP) is 13.2. The summed E-state index contributed by atoms with van der Waals surface area (Å²) in [6.45, 7) is 8.80. The zero-order chi connectivity index (χ0) is 37.1. The zero-order valence-corrected chi connectivity index (χ0v) is 31.9. The van der Waals surface area contributed by atoms with E-state index in [2.05, 4.69) is 198 Å². The van der Waals surface area contributed by atoms with Gasteiger partial charge in [0, 0.05) is 0 Å². The van der Waals surface area contributed by atoms with Gasteiger partial charge in [0.15, 0.2) is 0 Å². The molecule has 4 aliphatic carbocycles. The lowest BCUT2D eigenvalue weighted by Gasteiger charge is -2.40. The molecule has 0 heteroatoms. The molecule has 0 saturated carbocycles. The normalized spacial score (nSPS) is 18.3. The van der Waals surface area contributed by atoms with Gasteiger partial charge in [0.25, 0.3) is 0 Å². The van der Waals surface area contributed by atoms with Gasteiger partial charge in [-0.05, 0) is 123 Å². The molecule has 0 saturated heterocycles. The predicted molar refractivity (Wildman–Crippen MR) is 228 cm³/mol. The molecule has 55 heavy (non-hydrogen) atoms. The van der Waals surface area contributed by atoms with E-state index in [9.17, 15) is 0 Å². The Labute approximate surface area is 324 Å². The Kier molecular flexibility index (Phi) is 6.81.